The number of aromatic nitrogens is 2. The molecule has 1 atom stereocenters. The van der Waals surface area contributed by atoms with Crippen molar-refractivity contribution in [2.75, 3.05) is 6.54 Å². The number of halogens is 2. The van der Waals surface area contributed by atoms with Gasteiger partial charge in [0.05, 0.1) is 6.04 Å². The molecule has 0 aliphatic heterocycles. The highest BCUT2D eigenvalue weighted by molar-refractivity contribution is 5.27. The predicted molar refractivity (Wildman–Crippen MR) is 69.7 cm³/mol. The summed E-state index contributed by atoms with van der Waals surface area (Å²) in [4.78, 5) is 4.25. The SMILES string of the molecule is CCCNC(c1ccc(F)cc1F)c1nccn1C. The molecule has 0 saturated heterocycles. The van der Waals surface area contributed by atoms with Crippen molar-refractivity contribution in [1.82, 2.24) is 14.9 Å². The predicted octanol–water partition coefficient (Wildman–Crippen LogP) is 2.79. The quantitative estimate of drug-likeness (QED) is 0.901. The lowest BCUT2D eigenvalue weighted by Gasteiger charge is -2.19. The van der Waals surface area contributed by atoms with Crippen LogP contribution in [0.3, 0.4) is 0 Å². The molecule has 1 N–H and O–H groups in total. The standard InChI is InChI=1S/C14H17F2N3/c1-3-6-17-13(14-18-7-8-19(14)2)11-5-4-10(15)9-12(11)16/h4-5,7-9,13,17H,3,6H2,1-2H3. The van der Waals surface area contributed by atoms with Gasteiger partial charge in [0.2, 0.25) is 0 Å². The molecule has 0 aliphatic carbocycles. The van der Waals surface area contributed by atoms with Crippen molar-refractivity contribution < 1.29 is 8.78 Å². The second kappa shape index (κ2) is 5.93. The molecule has 1 heterocycles. The van der Waals surface area contributed by atoms with Gasteiger partial charge in [-0.15, -0.1) is 0 Å². The van der Waals surface area contributed by atoms with Gasteiger partial charge in [0.25, 0.3) is 0 Å². The maximum Gasteiger partial charge on any atom is 0.131 e. The van der Waals surface area contributed by atoms with Crippen molar-refractivity contribution in [3.63, 3.8) is 0 Å². The summed E-state index contributed by atoms with van der Waals surface area (Å²) < 4.78 is 28.8. The van der Waals surface area contributed by atoms with E-state index in [0.29, 0.717) is 11.4 Å². The van der Waals surface area contributed by atoms with Crippen LogP contribution in [-0.4, -0.2) is 16.1 Å². The first kappa shape index (κ1) is 13.7. The minimum Gasteiger partial charge on any atom is -0.336 e. The summed E-state index contributed by atoms with van der Waals surface area (Å²) in [6, 6.07) is 3.26. The molecule has 1 unspecified atom stereocenters. The first-order chi connectivity index (χ1) is 9.13. The Kier molecular flexibility index (Phi) is 4.27. The Labute approximate surface area is 111 Å². The minimum atomic E-state index is -0.574. The fourth-order valence-electron chi connectivity index (χ4n) is 2.02. The van der Waals surface area contributed by atoms with Gasteiger partial charge in [-0.1, -0.05) is 13.0 Å². The van der Waals surface area contributed by atoms with Gasteiger partial charge in [0.15, 0.2) is 0 Å². The van der Waals surface area contributed by atoms with Crippen LogP contribution in [0.1, 0.15) is 30.8 Å². The van der Waals surface area contributed by atoms with Gasteiger partial charge >= 0.3 is 0 Å². The molecule has 0 aliphatic rings. The topological polar surface area (TPSA) is 29.9 Å². The Morgan fingerprint density at radius 3 is 2.74 bits per heavy atom. The van der Waals surface area contributed by atoms with E-state index < -0.39 is 11.6 Å². The summed E-state index contributed by atoms with van der Waals surface area (Å²) in [6.45, 7) is 2.76. The van der Waals surface area contributed by atoms with Crippen molar-refractivity contribution in [1.29, 1.82) is 0 Å². The van der Waals surface area contributed by atoms with E-state index >= 15 is 0 Å². The number of hydrogen-bond acceptors (Lipinski definition) is 2. The Bertz CT molecular complexity index is 551. The van der Waals surface area contributed by atoms with E-state index in [1.807, 2.05) is 18.5 Å². The number of benzene rings is 1. The largest absolute Gasteiger partial charge is 0.336 e. The van der Waals surface area contributed by atoms with Crippen molar-refractivity contribution in [3.05, 3.63) is 53.6 Å². The maximum absolute atomic E-state index is 13.9. The van der Waals surface area contributed by atoms with Crippen molar-refractivity contribution in [2.45, 2.75) is 19.4 Å². The van der Waals surface area contributed by atoms with Crippen molar-refractivity contribution >= 4 is 0 Å². The van der Waals surface area contributed by atoms with E-state index in [1.54, 1.807) is 12.4 Å². The molecule has 0 saturated carbocycles. The van der Waals surface area contributed by atoms with Crippen LogP contribution in [-0.2, 0) is 7.05 Å². The van der Waals surface area contributed by atoms with Crippen LogP contribution in [0.25, 0.3) is 0 Å². The number of rotatable bonds is 5. The molecule has 1 aromatic heterocycles. The summed E-state index contributed by atoms with van der Waals surface area (Å²) in [7, 11) is 1.85. The van der Waals surface area contributed by atoms with Gasteiger partial charge in [-0.05, 0) is 19.0 Å². The van der Waals surface area contributed by atoms with Crippen LogP contribution in [0, 0.1) is 11.6 Å². The van der Waals surface area contributed by atoms with E-state index in [4.69, 9.17) is 0 Å². The molecule has 1 aromatic carbocycles. The molecule has 0 bridgehead atoms. The first-order valence-corrected chi connectivity index (χ1v) is 6.29. The van der Waals surface area contributed by atoms with Crippen LogP contribution in [0.5, 0.6) is 0 Å². The second-order valence-electron chi connectivity index (χ2n) is 4.45. The van der Waals surface area contributed by atoms with Crippen molar-refractivity contribution in [2.24, 2.45) is 7.05 Å². The monoisotopic (exact) mass is 265 g/mol. The average molecular weight is 265 g/mol. The van der Waals surface area contributed by atoms with Gasteiger partial charge in [-0.3, -0.25) is 0 Å². The van der Waals surface area contributed by atoms with Gasteiger partial charge in [-0.25, -0.2) is 13.8 Å². The lowest BCUT2D eigenvalue weighted by atomic mass is 10.0. The van der Waals surface area contributed by atoms with Gasteiger partial charge in [0, 0.05) is 31.1 Å². The summed E-state index contributed by atoms with van der Waals surface area (Å²) in [5, 5.41) is 3.24. The number of nitrogens with zero attached hydrogens (tertiary/aromatic N) is 2. The zero-order chi connectivity index (χ0) is 13.8. The molecular weight excluding hydrogens is 248 g/mol. The highest BCUT2D eigenvalue weighted by Crippen LogP contribution is 2.23. The summed E-state index contributed by atoms with van der Waals surface area (Å²) in [6.07, 6.45) is 4.39. The van der Waals surface area contributed by atoms with E-state index in [0.717, 1.165) is 19.0 Å². The molecule has 102 valence electrons. The fourth-order valence-corrected chi connectivity index (χ4v) is 2.02. The third kappa shape index (κ3) is 2.98. The first-order valence-electron chi connectivity index (χ1n) is 6.29. The Morgan fingerprint density at radius 1 is 1.37 bits per heavy atom. The molecule has 19 heavy (non-hydrogen) atoms. The van der Waals surface area contributed by atoms with Crippen LogP contribution in [0.2, 0.25) is 0 Å². The number of nitrogens with one attached hydrogen (secondary N) is 1. The molecule has 2 rings (SSSR count). The Morgan fingerprint density at radius 2 is 2.16 bits per heavy atom. The Hall–Kier alpha value is -1.75. The lowest BCUT2D eigenvalue weighted by molar-refractivity contribution is 0.511. The normalized spacial score (nSPS) is 12.6. The second-order valence-corrected chi connectivity index (χ2v) is 4.45. The average Bonchev–Trinajstić information content (AvgIpc) is 2.78. The van der Waals surface area contributed by atoms with E-state index in [9.17, 15) is 8.78 Å². The molecule has 0 amide bonds. The summed E-state index contributed by atoms with van der Waals surface area (Å²) in [5.41, 5.74) is 0.407. The van der Waals surface area contributed by atoms with Gasteiger partial charge in [0.1, 0.15) is 17.5 Å². The molecule has 3 nitrogen and oxygen atoms in total. The zero-order valence-corrected chi connectivity index (χ0v) is 11.0. The van der Waals surface area contributed by atoms with E-state index in [1.165, 1.54) is 12.1 Å². The smallest absolute Gasteiger partial charge is 0.131 e. The molecular formula is C14H17F2N3. The minimum absolute atomic E-state index is 0.374. The molecule has 2 aromatic rings. The van der Waals surface area contributed by atoms with Crippen molar-refractivity contribution in [3.8, 4) is 0 Å². The molecule has 0 spiro atoms. The zero-order valence-electron chi connectivity index (χ0n) is 11.0. The summed E-state index contributed by atoms with van der Waals surface area (Å²) in [5.74, 6) is -0.425. The van der Waals surface area contributed by atoms with Crippen LogP contribution < -0.4 is 5.32 Å². The highest BCUT2D eigenvalue weighted by Gasteiger charge is 2.21. The van der Waals surface area contributed by atoms with Crippen LogP contribution in [0.4, 0.5) is 8.78 Å². The van der Waals surface area contributed by atoms with Crippen LogP contribution in [0.15, 0.2) is 30.6 Å². The number of imidazole rings is 1. The number of hydrogen-bond donors (Lipinski definition) is 1. The Balaban J connectivity index is 2.40. The highest BCUT2D eigenvalue weighted by atomic mass is 19.1. The van der Waals surface area contributed by atoms with Gasteiger partial charge < -0.3 is 9.88 Å². The molecule has 0 radical (unpaired) electrons. The van der Waals surface area contributed by atoms with Gasteiger partial charge in [-0.2, -0.15) is 0 Å². The van der Waals surface area contributed by atoms with E-state index in [2.05, 4.69) is 10.3 Å². The third-order valence-corrected chi connectivity index (χ3v) is 2.99. The number of aryl methyl sites for hydroxylation is 1. The molecule has 0 fully saturated rings. The summed E-state index contributed by atoms with van der Waals surface area (Å²) >= 11 is 0. The fraction of sp³-hybridized carbons (Fsp3) is 0.357. The molecule has 5 heteroatoms. The van der Waals surface area contributed by atoms with Crippen LogP contribution >= 0.6 is 0 Å². The lowest BCUT2D eigenvalue weighted by Crippen LogP contribution is -2.26. The third-order valence-electron chi connectivity index (χ3n) is 2.99. The maximum atomic E-state index is 13.9. The van der Waals surface area contributed by atoms with E-state index in [-0.39, 0.29) is 6.04 Å².